The summed E-state index contributed by atoms with van der Waals surface area (Å²) < 4.78 is 39.8. The highest BCUT2D eigenvalue weighted by molar-refractivity contribution is 5.23. The number of aliphatic hydroxyl groups is 1. The quantitative estimate of drug-likeness (QED) is 0.811. The molecule has 106 valence electrons. The van der Waals surface area contributed by atoms with Crippen molar-refractivity contribution >= 4 is 0 Å². The molecule has 0 radical (unpaired) electrons. The number of aliphatic hydroxyl groups excluding tert-OH is 1. The van der Waals surface area contributed by atoms with Crippen LogP contribution in [-0.2, 0) is 0 Å². The van der Waals surface area contributed by atoms with Crippen LogP contribution >= 0.6 is 0 Å². The van der Waals surface area contributed by atoms with Gasteiger partial charge in [0, 0.05) is 11.6 Å². The summed E-state index contributed by atoms with van der Waals surface area (Å²) in [6, 6.07) is 1.30. The number of hydrogen-bond donors (Lipinski definition) is 1. The first-order valence-electron chi connectivity index (χ1n) is 6.87. The van der Waals surface area contributed by atoms with Crippen LogP contribution in [0, 0.1) is 29.3 Å². The van der Waals surface area contributed by atoms with Gasteiger partial charge in [-0.05, 0) is 24.3 Å². The average molecular weight is 272 g/mol. The maximum absolute atomic E-state index is 13.7. The van der Waals surface area contributed by atoms with E-state index < -0.39 is 23.6 Å². The van der Waals surface area contributed by atoms with Gasteiger partial charge in [-0.15, -0.1) is 0 Å². The topological polar surface area (TPSA) is 20.2 Å². The van der Waals surface area contributed by atoms with Gasteiger partial charge in [0.1, 0.15) is 5.82 Å². The van der Waals surface area contributed by atoms with Gasteiger partial charge in [-0.3, -0.25) is 0 Å². The first-order valence-corrected chi connectivity index (χ1v) is 6.87. The van der Waals surface area contributed by atoms with Gasteiger partial charge in [0.15, 0.2) is 11.6 Å². The molecule has 0 saturated heterocycles. The minimum Gasteiger partial charge on any atom is -0.388 e. The highest BCUT2D eigenvalue weighted by Crippen LogP contribution is 2.41. The Bertz CT molecular complexity index is 447. The summed E-state index contributed by atoms with van der Waals surface area (Å²) in [4.78, 5) is 0. The molecule has 2 rings (SSSR count). The van der Waals surface area contributed by atoms with Crippen LogP contribution in [0.1, 0.15) is 50.7 Å². The first kappa shape index (κ1) is 14.4. The molecule has 0 bridgehead atoms. The Hall–Kier alpha value is -1.03. The molecule has 0 heterocycles. The number of benzene rings is 1. The molecule has 1 N–H and O–H groups in total. The Morgan fingerprint density at radius 2 is 1.74 bits per heavy atom. The normalized spacial score (nSPS) is 25.3. The van der Waals surface area contributed by atoms with Crippen LogP contribution in [-0.4, -0.2) is 5.11 Å². The molecule has 0 aromatic heterocycles. The molecule has 1 aromatic rings. The van der Waals surface area contributed by atoms with E-state index in [1.54, 1.807) is 0 Å². The molecule has 3 atom stereocenters. The van der Waals surface area contributed by atoms with Crippen molar-refractivity contribution in [2.75, 3.05) is 0 Å². The van der Waals surface area contributed by atoms with Crippen LogP contribution in [0.3, 0.4) is 0 Å². The minimum atomic E-state index is -1.22. The van der Waals surface area contributed by atoms with E-state index in [2.05, 4.69) is 0 Å². The number of rotatable bonds is 3. The van der Waals surface area contributed by atoms with Crippen LogP contribution in [0.5, 0.6) is 0 Å². The fraction of sp³-hybridized carbons (Fsp3) is 0.600. The van der Waals surface area contributed by atoms with Gasteiger partial charge in [-0.25, -0.2) is 13.2 Å². The van der Waals surface area contributed by atoms with Gasteiger partial charge < -0.3 is 5.11 Å². The first-order chi connectivity index (χ1) is 9.04. The number of hydrogen-bond acceptors (Lipinski definition) is 1. The van der Waals surface area contributed by atoms with Crippen LogP contribution in [0.15, 0.2) is 12.1 Å². The Labute approximate surface area is 111 Å². The van der Waals surface area contributed by atoms with Crippen molar-refractivity contribution in [1.82, 2.24) is 0 Å². The summed E-state index contributed by atoms with van der Waals surface area (Å²) in [5, 5.41) is 10.3. The second kappa shape index (κ2) is 5.95. The fourth-order valence-corrected chi connectivity index (χ4v) is 3.15. The third-order valence-electron chi connectivity index (χ3n) is 4.26. The minimum absolute atomic E-state index is 0.0712. The van der Waals surface area contributed by atoms with E-state index in [9.17, 15) is 18.3 Å². The Kier molecular flexibility index (Phi) is 4.50. The summed E-state index contributed by atoms with van der Waals surface area (Å²) in [6.45, 7) is 2.04. The lowest BCUT2D eigenvalue weighted by Gasteiger charge is -2.34. The molecular formula is C15H19F3O. The Morgan fingerprint density at radius 1 is 1.11 bits per heavy atom. The lowest BCUT2D eigenvalue weighted by Crippen LogP contribution is -2.26. The van der Waals surface area contributed by atoms with E-state index in [0.717, 1.165) is 38.2 Å². The summed E-state index contributed by atoms with van der Waals surface area (Å²) in [6.07, 6.45) is 3.76. The smallest absolute Gasteiger partial charge is 0.161 e. The molecule has 1 aromatic carbocycles. The van der Waals surface area contributed by atoms with Crippen LogP contribution in [0.25, 0.3) is 0 Å². The second-order valence-electron chi connectivity index (χ2n) is 5.35. The molecule has 0 aliphatic heterocycles. The average Bonchev–Trinajstić information content (AvgIpc) is 2.42. The number of halogens is 3. The van der Waals surface area contributed by atoms with E-state index >= 15 is 0 Å². The molecule has 1 saturated carbocycles. The SMILES string of the molecule is CCC1CCCCC1C(O)c1cc(F)c(F)cc1F. The zero-order valence-electron chi connectivity index (χ0n) is 11.0. The van der Waals surface area contributed by atoms with Gasteiger partial charge in [-0.1, -0.05) is 32.6 Å². The van der Waals surface area contributed by atoms with Crippen molar-refractivity contribution in [3.05, 3.63) is 35.1 Å². The highest BCUT2D eigenvalue weighted by Gasteiger charge is 2.32. The summed E-state index contributed by atoms with van der Waals surface area (Å²) >= 11 is 0. The van der Waals surface area contributed by atoms with Crippen molar-refractivity contribution in [2.24, 2.45) is 11.8 Å². The van der Waals surface area contributed by atoms with Crippen molar-refractivity contribution in [3.63, 3.8) is 0 Å². The molecule has 1 fully saturated rings. The Morgan fingerprint density at radius 3 is 2.42 bits per heavy atom. The molecule has 0 spiro atoms. The zero-order valence-corrected chi connectivity index (χ0v) is 11.0. The summed E-state index contributed by atoms with van der Waals surface area (Å²) in [7, 11) is 0. The standard InChI is InChI=1S/C15H19F3O/c1-2-9-5-3-4-6-10(9)15(19)11-7-13(17)14(18)8-12(11)16/h7-10,15,19H,2-6H2,1H3. The largest absolute Gasteiger partial charge is 0.388 e. The lowest BCUT2D eigenvalue weighted by molar-refractivity contribution is 0.0423. The van der Waals surface area contributed by atoms with E-state index in [0.29, 0.717) is 12.0 Å². The van der Waals surface area contributed by atoms with Gasteiger partial charge in [0.25, 0.3) is 0 Å². The third kappa shape index (κ3) is 2.94. The van der Waals surface area contributed by atoms with Crippen LogP contribution in [0.4, 0.5) is 13.2 Å². The van der Waals surface area contributed by atoms with Crippen molar-refractivity contribution < 1.29 is 18.3 Å². The Balaban J connectivity index is 2.27. The molecule has 1 aliphatic rings. The summed E-state index contributed by atoms with van der Waals surface area (Å²) in [5.41, 5.74) is -0.121. The van der Waals surface area contributed by atoms with Gasteiger partial charge in [0.2, 0.25) is 0 Å². The van der Waals surface area contributed by atoms with E-state index in [4.69, 9.17) is 0 Å². The molecule has 1 nitrogen and oxygen atoms in total. The zero-order chi connectivity index (χ0) is 14.0. The summed E-state index contributed by atoms with van der Waals surface area (Å²) in [5.74, 6) is -2.95. The molecule has 4 heteroatoms. The fourth-order valence-electron chi connectivity index (χ4n) is 3.15. The molecule has 1 aliphatic carbocycles. The monoisotopic (exact) mass is 272 g/mol. The molecule has 0 amide bonds. The second-order valence-corrected chi connectivity index (χ2v) is 5.35. The van der Waals surface area contributed by atoms with Crippen LogP contribution in [0.2, 0.25) is 0 Å². The van der Waals surface area contributed by atoms with Gasteiger partial charge >= 0.3 is 0 Å². The maximum Gasteiger partial charge on any atom is 0.161 e. The predicted molar refractivity (Wildman–Crippen MR) is 67.0 cm³/mol. The van der Waals surface area contributed by atoms with Gasteiger partial charge in [0.05, 0.1) is 6.10 Å². The van der Waals surface area contributed by atoms with Crippen molar-refractivity contribution in [3.8, 4) is 0 Å². The van der Waals surface area contributed by atoms with E-state index in [1.165, 1.54) is 0 Å². The van der Waals surface area contributed by atoms with Crippen LogP contribution < -0.4 is 0 Å². The van der Waals surface area contributed by atoms with E-state index in [-0.39, 0.29) is 11.5 Å². The molecular weight excluding hydrogens is 253 g/mol. The van der Waals surface area contributed by atoms with Gasteiger partial charge in [-0.2, -0.15) is 0 Å². The lowest BCUT2D eigenvalue weighted by atomic mass is 9.73. The third-order valence-corrected chi connectivity index (χ3v) is 4.26. The maximum atomic E-state index is 13.7. The van der Waals surface area contributed by atoms with Crippen molar-refractivity contribution in [2.45, 2.75) is 45.1 Å². The molecule has 3 unspecified atom stereocenters. The van der Waals surface area contributed by atoms with Crippen molar-refractivity contribution in [1.29, 1.82) is 0 Å². The highest BCUT2D eigenvalue weighted by atomic mass is 19.2. The molecule has 19 heavy (non-hydrogen) atoms. The predicted octanol–water partition coefficient (Wildman–Crippen LogP) is 4.35. The van der Waals surface area contributed by atoms with E-state index in [1.807, 2.05) is 6.92 Å².